The van der Waals surface area contributed by atoms with Crippen LogP contribution in [0.3, 0.4) is 0 Å². The molecule has 0 unspecified atom stereocenters. The van der Waals surface area contributed by atoms with Crippen LogP contribution in [0.2, 0.25) is 0 Å². The fraction of sp³-hybridized carbons (Fsp3) is 0.263. The lowest BCUT2D eigenvalue weighted by atomic mass is 10.0. The molecule has 2 aromatic rings. The van der Waals surface area contributed by atoms with Crippen LogP contribution in [0, 0.1) is 0 Å². The predicted octanol–water partition coefficient (Wildman–Crippen LogP) is 5.59. The first-order chi connectivity index (χ1) is 9.38. The maximum absolute atomic E-state index is 2.25. The number of hydrogen-bond acceptors (Lipinski definition) is 0. The smallest absolute Gasteiger partial charge is 0.0256 e. The Balaban J connectivity index is 1.93. The molecule has 0 spiro atoms. The van der Waals surface area contributed by atoms with Gasteiger partial charge in [-0.3, -0.25) is 0 Å². The molecule has 0 aromatic heterocycles. The Kier molecular flexibility index (Phi) is 5.43. The molecule has 98 valence electrons. The molecule has 0 saturated carbocycles. The second kappa shape index (κ2) is 7.58. The van der Waals surface area contributed by atoms with Gasteiger partial charge in [-0.15, -0.1) is 0 Å². The van der Waals surface area contributed by atoms with Crippen molar-refractivity contribution in [2.24, 2.45) is 0 Å². The Hall–Kier alpha value is -1.82. The first kappa shape index (κ1) is 13.6. The summed E-state index contributed by atoms with van der Waals surface area (Å²) in [5, 5.41) is 0. The normalized spacial score (nSPS) is 11.0. The van der Waals surface area contributed by atoms with Gasteiger partial charge >= 0.3 is 0 Å². The number of rotatable bonds is 6. The van der Waals surface area contributed by atoms with E-state index in [9.17, 15) is 0 Å². The van der Waals surface area contributed by atoms with Gasteiger partial charge in [0.25, 0.3) is 0 Å². The number of aryl methyl sites for hydroxylation is 1. The van der Waals surface area contributed by atoms with E-state index in [1.54, 1.807) is 0 Å². The molecule has 0 radical (unpaired) electrons. The minimum Gasteiger partial charge on any atom is -0.0654 e. The van der Waals surface area contributed by atoms with Crippen molar-refractivity contribution in [1.29, 1.82) is 0 Å². The summed E-state index contributed by atoms with van der Waals surface area (Å²) in [4.78, 5) is 0. The molecule has 0 nitrogen and oxygen atoms in total. The monoisotopic (exact) mass is 250 g/mol. The summed E-state index contributed by atoms with van der Waals surface area (Å²) in [5.74, 6) is 0. The minimum absolute atomic E-state index is 1.20. The van der Waals surface area contributed by atoms with E-state index < -0.39 is 0 Å². The standard InChI is InChI=1S/C19H22/c1-2-3-5-8-18-12-15-19(16-13-18)14-11-17-9-6-4-7-10-17/h4,6-7,9-16H,2-3,5,8H2,1H3/b14-11+. The molecule has 0 fully saturated rings. The van der Waals surface area contributed by atoms with E-state index in [1.807, 2.05) is 6.07 Å². The first-order valence-corrected chi connectivity index (χ1v) is 7.20. The minimum atomic E-state index is 1.20. The maximum Gasteiger partial charge on any atom is -0.0256 e. The van der Waals surface area contributed by atoms with Crippen LogP contribution in [0.25, 0.3) is 12.2 Å². The largest absolute Gasteiger partial charge is 0.0654 e. The van der Waals surface area contributed by atoms with E-state index in [0.29, 0.717) is 0 Å². The molecule has 19 heavy (non-hydrogen) atoms. The zero-order valence-corrected chi connectivity index (χ0v) is 11.7. The van der Waals surface area contributed by atoms with Gasteiger partial charge in [-0.25, -0.2) is 0 Å². The highest BCUT2D eigenvalue weighted by Gasteiger charge is 1.93. The fourth-order valence-electron chi connectivity index (χ4n) is 2.13. The Labute approximate surface area is 116 Å². The van der Waals surface area contributed by atoms with Crippen LogP contribution in [0.4, 0.5) is 0 Å². The predicted molar refractivity (Wildman–Crippen MR) is 85.0 cm³/mol. The lowest BCUT2D eigenvalue weighted by molar-refractivity contribution is 0.717. The first-order valence-electron chi connectivity index (χ1n) is 7.20. The van der Waals surface area contributed by atoms with Gasteiger partial charge in [0.05, 0.1) is 0 Å². The van der Waals surface area contributed by atoms with E-state index in [0.717, 1.165) is 0 Å². The van der Waals surface area contributed by atoms with E-state index >= 15 is 0 Å². The van der Waals surface area contributed by atoms with Gasteiger partial charge in [0.1, 0.15) is 0 Å². The molecular formula is C19H22. The van der Waals surface area contributed by atoms with E-state index in [4.69, 9.17) is 0 Å². The van der Waals surface area contributed by atoms with Crippen LogP contribution in [0.5, 0.6) is 0 Å². The molecule has 2 aromatic carbocycles. The van der Waals surface area contributed by atoms with Crippen LogP contribution >= 0.6 is 0 Å². The highest BCUT2D eigenvalue weighted by atomic mass is 14.0. The van der Waals surface area contributed by atoms with E-state index in [-0.39, 0.29) is 0 Å². The average Bonchev–Trinajstić information content (AvgIpc) is 2.48. The maximum atomic E-state index is 2.25. The Morgan fingerprint density at radius 3 is 2.00 bits per heavy atom. The molecule has 0 aliphatic rings. The molecule has 0 saturated heterocycles. The lowest BCUT2D eigenvalue weighted by Gasteiger charge is -2.01. The van der Waals surface area contributed by atoms with Gasteiger partial charge in [0.2, 0.25) is 0 Å². The quantitative estimate of drug-likeness (QED) is 0.463. The van der Waals surface area contributed by atoms with Crippen molar-refractivity contribution < 1.29 is 0 Å². The Morgan fingerprint density at radius 1 is 0.737 bits per heavy atom. The molecule has 2 rings (SSSR count). The van der Waals surface area contributed by atoms with Crippen molar-refractivity contribution in [3.8, 4) is 0 Å². The van der Waals surface area contributed by atoms with Crippen molar-refractivity contribution >= 4 is 12.2 Å². The molecule has 0 bridgehead atoms. The van der Waals surface area contributed by atoms with Gasteiger partial charge in [0.15, 0.2) is 0 Å². The summed E-state index contributed by atoms with van der Waals surface area (Å²) in [5.41, 5.74) is 3.96. The summed E-state index contributed by atoms with van der Waals surface area (Å²) in [7, 11) is 0. The van der Waals surface area contributed by atoms with E-state index in [2.05, 4.69) is 67.6 Å². The van der Waals surface area contributed by atoms with Crippen molar-refractivity contribution in [1.82, 2.24) is 0 Å². The molecule has 0 heteroatoms. The van der Waals surface area contributed by atoms with Crippen LogP contribution in [-0.2, 0) is 6.42 Å². The van der Waals surface area contributed by atoms with Crippen LogP contribution < -0.4 is 0 Å². The second-order valence-corrected chi connectivity index (χ2v) is 4.94. The highest BCUT2D eigenvalue weighted by molar-refractivity contribution is 5.69. The zero-order chi connectivity index (χ0) is 13.3. The van der Waals surface area contributed by atoms with Crippen molar-refractivity contribution in [2.45, 2.75) is 32.6 Å². The molecule has 0 heterocycles. The van der Waals surface area contributed by atoms with Gasteiger partial charge in [-0.2, -0.15) is 0 Å². The zero-order valence-electron chi connectivity index (χ0n) is 11.7. The molecular weight excluding hydrogens is 228 g/mol. The number of hydrogen-bond donors (Lipinski definition) is 0. The molecule has 0 amide bonds. The van der Waals surface area contributed by atoms with Crippen molar-refractivity contribution in [3.63, 3.8) is 0 Å². The third kappa shape index (κ3) is 4.75. The topological polar surface area (TPSA) is 0 Å². The Morgan fingerprint density at radius 2 is 1.37 bits per heavy atom. The number of unbranched alkanes of at least 4 members (excludes halogenated alkanes) is 2. The van der Waals surface area contributed by atoms with Gasteiger partial charge < -0.3 is 0 Å². The molecule has 0 N–H and O–H groups in total. The third-order valence-corrected chi connectivity index (χ3v) is 3.32. The van der Waals surface area contributed by atoms with Gasteiger partial charge in [-0.05, 0) is 29.5 Å². The molecule has 0 atom stereocenters. The Bertz CT molecular complexity index is 491. The van der Waals surface area contributed by atoms with Gasteiger partial charge in [-0.1, -0.05) is 86.5 Å². The number of benzene rings is 2. The summed E-state index contributed by atoms with van der Waals surface area (Å²) in [6, 6.07) is 19.3. The summed E-state index contributed by atoms with van der Waals surface area (Å²) in [6.45, 7) is 2.25. The summed E-state index contributed by atoms with van der Waals surface area (Å²) >= 11 is 0. The average molecular weight is 250 g/mol. The summed E-state index contributed by atoms with van der Waals surface area (Å²) in [6.07, 6.45) is 9.46. The fourth-order valence-corrected chi connectivity index (χ4v) is 2.13. The molecule has 0 aliphatic heterocycles. The summed E-state index contributed by atoms with van der Waals surface area (Å²) < 4.78 is 0. The second-order valence-electron chi connectivity index (χ2n) is 4.94. The van der Waals surface area contributed by atoms with E-state index in [1.165, 1.54) is 42.4 Å². The SMILES string of the molecule is CCCCCc1ccc(/C=C/c2ccccc2)cc1. The highest BCUT2D eigenvalue weighted by Crippen LogP contribution is 2.11. The molecule has 0 aliphatic carbocycles. The van der Waals surface area contributed by atoms with Crippen LogP contribution in [0.1, 0.15) is 42.9 Å². The van der Waals surface area contributed by atoms with Crippen molar-refractivity contribution in [2.75, 3.05) is 0 Å². The lowest BCUT2D eigenvalue weighted by Crippen LogP contribution is -1.85. The third-order valence-electron chi connectivity index (χ3n) is 3.32. The van der Waals surface area contributed by atoms with Crippen molar-refractivity contribution in [3.05, 3.63) is 71.3 Å². The van der Waals surface area contributed by atoms with Crippen LogP contribution in [0.15, 0.2) is 54.6 Å². The van der Waals surface area contributed by atoms with Crippen LogP contribution in [-0.4, -0.2) is 0 Å². The van der Waals surface area contributed by atoms with Gasteiger partial charge in [0, 0.05) is 0 Å².